The smallest absolute Gasteiger partial charge is 0.475 e. The van der Waals surface area contributed by atoms with Crippen molar-refractivity contribution in [2.45, 2.75) is 25.1 Å². The molecule has 3 aromatic rings. The molecule has 0 radical (unpaired) electrons. The van der Waals surface area contributed by atoms with Crippen LogP contribution in [0.5, 0.6) is 0 Å². The molecule has 1 aliphatic carbocycles. The molecule has 32 heavy (non-hydrogen) atoms. The number of hydrogen-bond donors (Lipinski definition) is 3. The van der Waals surface area contributed by atoms with Crippen LogP contribution < -0.4 is 21.5 Å². The maximum absolute atomic E-state index is 14.8. The second-order valence-electron chi connectivity index (χ2n) is 7.57. The van der Waals surface area contributed by atoms with Crippen LogP contribution in [0.2, 0.25) is 0 Å². The van der Waals surface area contributed by atoms with Crippen LogP contribution >= 0.6 is 0 Å². The van der Waals surface area contributed by atoms with Crippen molar-refractivity contribution in [3.05, 3.63) is 44.9 Å². The van der Waals surface area contributed by atoms with Gasteiger partial charge >= 0.3 is 17.8 Å². The van der Waals surface area contributed by atoms with Crippen molar-refractivity contribution in [2.75, 3.05) is 31.1 Å². The van der Waals surface area contributed by atoms with Gasteiger partial charge in [0.15, 0.2) is 0 Å². The number of anilines is 1. The standard InChI is InChI=1S/C17H18FN5O2.C2HF3O2/c18-11-7-13-14(8-12(11)21-5-3-19-4-6-21)22(10-1-2-10)16-9-15(24)20-17(25)23(13)16;3-2(4,5)1(6)7/h7-10,19H,1-6H2,(H,20,24,25);(H,6,7). The van der Waals surface area contributed by atoms with E-state index in [1.54, 1.807) is 0 Å². The van der Waals surface area contributed by atoms with Gasteiger partial charge in [-0.1, -0.05) is 0 Å². The van der Waals surface area contributed by atoms with Gasteiger partial charge in [0.05, 0.1) is 16.7 Å². The summed E-state index contributed by atoms with van der Waals surface area (Å²) in [6, 6.07) is 4.92. The van der Waals surface area contributed by atoms with Crippen molar-refractivity contribution in [3.63, 3.8) is 0 Å². The zero-order valence-electron chi connectivity index (χ0n) is 16.6. The Hall–Kier alpha value is -3.35. The van der Waals surface area contributed by atoms with Crippen molar-refractivity contribution in [1.29, 1.82) is 0 Å². The fourth-order valence-corrected chi connectivity index (χ4v) is 3.79. The van der Waals surface area contributed by atoms with Crippen LogP contribution in [0.4, 0.5) is 23.2 Å². The van der Waals surface area contributed by atoms with Gasteiger partial charge in [-0.2, -0.15) is 13.2 Å². The summed E-state index contributed by atoms with van der Waals surface area (Å²) in [6.45, 7) is 3.11. The number of nitrogens with one attached hydrogen (secondary N) is 2. The predicted octanol–water partition coefficient (Wildman–Crippen LogP) is 1.46. The molecule has 0 amide bonds. The fraction of sp³-hybridized carbons (Fsp3) is 0.421. The van der Waals surface area contributed by atoms with Gasteiger partial charge in [-0.3, -0.25) is 9.78 Å². The largest absolute Gasteiger partial charge is 0.490 e. The number of carboxylic acids is 1. The number of fused-ring (bicyclic) bond motifs is 3. The Labute approximate surface area is 176 Å². The van der Waals surface area contributed by atoms with E-state index in [-0.39, 0.29) is 11.9 Å². The van der Waals surface area contributed by atoms with Gasteiger partial charge < -0.3 is 19.9 Å². The molecular formula is C19H19F4N5O4. The van der Waals surface area contributed by atoms with E-state index in [9.17, 15) is 27.2 Å². The second kappa shape index (κ2) is 7.97. The van der Waals surface area contributed by atoms with E-state index in [1.807, 2.05) is 15.5 Å². The number of carboxylic acid groups (broad SMARTS) is 1. The minimum absolute atomic E-state index is 0.259. The Bertz CT molecular complexity index is 1300. The average Bonchev–Trinajstić information content (AvgIpc) is 3.50. The van der Waals surface area contributed by atoms with E-state index in [4.69, 9.17) is 9.90 Å². The Morgan fingerprint density at radius 1 is 1.06 bits per heavy atom. The number of H-pyrrole nitrogens is 1. The third-order valence-corrected chi connectivity index (χ3v) is 5.33. The highest BCUT2D eigenvalue weighted by Gasteiger charge is 2.38. The van der Waals surface area contributed by atoms with E-state index < -0.39 is 23.4 Å². The summed E-state index contributed by atoms with van der Waals surface area (Å²) < 4.78 is 50.0. The minimum Gasteiger partial charge on any atom is -0.475 e. The van der Waals surface area contributed by atoms with Crippen molar-refractivity contribution < 1.29 is 27.5 Å². The number of carbonyl (C=O) groups is 1. The summed E-state index contributed by atoms with van der Waals surface area (Å²) in [5, 5.41) is 10.4. The quantitative estimate of drug-likeness (QED) is 0.503. The number of piperazine rings is 1. The molecule has 3 heterocycles. The highest BCUT2D eigenvalue weighted by atomic mass is 19.4. The summed E-state index contributed by atoms with van der Waals surface area (Å²) in [5.41, 5.74) is 1.42. The number of hydrogen-bond acceptors (Lipinski definition) is 5. The maximum Gasteiger partial charge on any atom is 0.490 e. The lowest BCUT2D eigenvalue weighted by molar-refractivity contribution is -0.192. The van der Waals surface area contributed by atoms with Gasteiger partial charge in [0.25, 0.3) is 5.56 Å². The lowest BCUT2D eigenvalue weighted by Gasteiger charge is -2.29. The van der Waals surface area contributed by atoms with Gasteiger partial charge in [-0.15, -0.1) is 0 Å². The molecule has 2 fully saturated rings. The van der Waals surface area contributed by atoms with Gasteiger partial charge in [-0.05, 0) is 18.9 Å². The molecule has 172 valence electrons. The van der Waals surface area contributed by atoms with E-state index in [2.05, 4.69) is 10.3 Å². The van der Waals surface area contributed by atoms with Gasteiger partial charge in [0.1, 0.15) is 11.5 Å². The molecule has 0 bridgehead atoms. The highest BCUT2D eigenvalue weighted by Crippen LogP contribution is 2.40. The summed E-state index contributed by atoms with van der Waals surface area (Å²) in [7, 11) is 0. The summed E-state index contributed by atoms with van der Waals surface area (Å²) in [4.78, 5) is 37.3. The van der Waals surface area contributed by atoms with Crippen molar-refractivity contribution >= 4 is 28.3 Å². The van der Waals surface area contributed by atoms with E-state index >= 15 is 0 Å². The van der Waals surface area contributed by atoms with Gasteiger partial charge in [0, 0.05) is 44.4 Å². The minimum atomic E-state index is -5.08. The molecule has 0 spiro atoms. The van der Waals surface area contributed by atoms with Gasteiger partial charge in [0.2, 0.25) is 0 Å². The molecule has 1 saturated heterocycles. The monoisotopic (exact) mass is 457 g/mol. The average molecular weight is 457 g/mol. The summed E-state index contributed by atoms with van der Waals surface area (Å²) >= 11 is 0. The molecule has 1 aliphatic heterocycles. The number of aromatic amines is 1. The lowest BCUT2D eigenvalue weighted by atomic mass is 10.2. The molecular weight excluding hydrogens is 438 g/mol. The van der Waals surface area contributed by atoms with E-state index in [0.717, 1.165) is 44.5 Å². The normalized spacial score (nSPS) is 16.8. The molecule has 1 aromatic carbocycles. The van der Waals surface area contributed by atoms with Crippen LogP contribution in [-0.4, -0.2) is 57.4 Å². The number of benzene rings is 1. The maximum atomic E-state index is 14.8. The Balaban J connectivity index is 0.000000307. The van der Waals surface area contributed by atoms with Crippen molar-refractivity contribution in [2.24, 2.45) is 0 Å². The number of rotatable bonds is 2. The van der Waals surface area contributed by atoms with Crippen LogP contribution in [0.25, 0.3) is 16.7 Å². The van der Waals surface area contributed by atoms with Crippen LogP contribution in [0, 0.1) is 5.82 Å². The predicted molar refractivity (Wildman–Crippen MR) is 107 cm³/mol. The van der Waals surface area contributed by atoms with E-state index in [0.29, 0.717) is 16.9 Å². The summed E-state index contributed by atoms with van der Waals surface area (Å²) in [6.07, 6.45) is -3.08. The molecule has 5 rings (SSSR count). The van der Waals surface area contributed by atoms with Crippen LogP contribution in [0.1, 0.15) is 18.9 Å². The molecule has 0 unspecified atom stereocenters. The first-order valence-corrected chi connectivity index (χ1v) is 9.83. The molecule has 3 N–H and O–H groups in total. The highest BCUT2D eigenvalue weighted by molar-refractivity contribution is 5.85. The topological polar surface area (TPSA) is 112 Å². The molecule has 13 heteroatoms. The number of imidazole rings is 1. The molecule has 2 aromatic heterocycles. The molecule has 2 aliphatic rings. The zero-order chi connectivity index (χ0) is 23.2. The van der Waals surface area contributed by atoms with Crippen LogP contribution in [0.3, 0.4) is 0 Å². The van der Waals surface area contributed by atoms with Crippen molar-refractivity contribution in [1.82, 2.24) is 19.3 Å². The second-order valence-corrected chi connectivity index (χ2v) is 7.57. The van der Waals surface area contributed by atoms with E-state index in [1.165, 1.54) is 16.5 Å². The first kappa shape index (κ1) is 21.9. The first-order chi connectivity index (χ1) is 15.1. The Kier molecular flexibility index (Phi) is 5.44. The number of aliphatic carboxylic acids is 1. The lowest BCUT2D eigenvalue weighted by Crippen LogP contribution is -2.43. The third-order valence-electron chi connectivity index (χ3n) is 5.33. The Morgan fingerprint density at radius 3 is 2.25 bits per heavy atom. The fourth-order valence-electron chi connectivity index (χ4n) is 3.79. The van der Waals surface area contributed by atoms with Crippen LogP contribution in [0.15, 0.2) is 27.8 Å². The van der Waals surface area contributed by atoms with Gasteiger partial charge in [-0.25, -0.2) is 18.4 Å². The number of nitrogens with zero attached hydrogens (tertiary/aromatic N) is 3. The Morgan fingerprint density at radius 2 is 1.69 bits per heavy atom. The molecule has 1 saturated carbocycles. The van der Waals surface area contributed by atoms with Crippen LogP contribution in [-0.2, 0) is 4.79 Å². The van der Waals surface area contributed by atoms with Crippen molar-refractivity contribution in [3.8, 4) is 0 Å². The molecule has 0 atom stereocenters. The SMILES string of the molecule is O=C(O)C(F)(F)F.O=c1cc2n(C3CC3)c3cc(N4CCNCC4)c(F)cc3n2c(=O)[nH]1. The number of aromatic nitrogens is 3. The summed E-state index contributed by atoms with van der Waals surface area (Å²) in [5.74, 6) is -3.10. The first-order valence-electron chi connectivity index (χ1n) is 9.83. The third kappa shape index (κ3) is 4.07. The molecule has 9 nitrogen and oxygen atoms in total. The number of halogens is 4. The number of alkyl halides is 3. The zero-order valence-corrected chi connectivity index (χ0v) is 16.6.